The quantitative estimate of drug-likeness (QED) is 0.457. The molecule has 30 heavy (non-hydrogen) atoms. The predicted molar refractivity (Wildman–Crippen MR) is 114 cm³/mol. The molecular formula is C23H16ClFN2O3. The van der Waals surface area contributed by atoms with Gasteiger partial charge in [-0.2, -0.15) is 0 Å². The molecule has 0 spiro atoms. The molecule has 0 saturated carbocycles. The van der Waals surface area contributed by atoms with Gasteiger partial charge in [-0.1, -0.05) is 29.8 Å². The zero-order chi connectivity index (χ0) is 21.1. The van der Waals surface area contributed by atoms with Crippen LogP contribution in [0, 0.1) is 5.82 Å². The Kier molecular flexibility index (Phi) is 5.50. The van der Waals surface area contributed by atoms with E-state index in [0.717, 1.165) is 6.07 Å². The highest BCUT2D eigenvalue weighted by atomic mass is 35.5. The molecule has 0 aliphatic carbocycles. The summed E-state index contributed by atoms with van der Waals surface area (Å²) in [6.45, 7) is 0. The van der Waals surface area contributed by atoms with Crippen LogP contribution in [0.15, 0.2) is 82.2 Å². The van der Waals surface area contributed by atoms with Crippen molar-refractivity contribution < 1.29 is 18.3 Å². The van der Waals surface area contributed by atoms with Gasteiger partial charge in [-0.3, -0.25) is 4.79 Å². The zero-order valence-electron chi connectivity index (χ0n) is 15.9. The fourth-order valence-corrected chi connectivity index (χ4v) is 3.03. The lowest BCUT2D eigenvalue weighted by Crippen LogP contribution is -2.21. The summed E-state index contributed by atoms with van der Waals surface area (Å²) in [5.41, 5.74) is 1.25. The van der Waals surface area contributed by atoms with Crippen molar-refractivity contribution in [3.05, 3.63) is 94.8 Å². The highest BCUT2D eigenvalue weighted by Gasteiger charge is 2.14. The van der Waals surface area contributed by atoms with Crippen LogP contribution >= 0.6 is 11.6 Å². The lowest BCUT2D eigenvalue weighted by atomic mass is 10.1. The molecule has 0 fully saturated rings. The van der Waals surface area contributed by atoms with Crippen LogP contribution in [0.5, 0.6) is 5.75 Å². The molecule has 0 aliphatic heterocycles. The minimum Gasteiger partial charge on any atom is -0.497 e. The van der Waals surface area contributed by atoms with E-state index in [1.165, 1.54) is 12.1 Å². The molecule has 4 rings (SSSR count). The normalized spacial score (nSPS) is 11.5. The Morgan fingerprint density at radius 3 is 2.57 bits per heavy atom. The van der Waals surface area contributed by atoms with E-state index in [2.05, 4.69) is 10.3 Å². The molecule has 0 aliphatic rings. The number of fused-ring (bicyclic) bond motifs is 1. The monoisotopic (exact) mass is 422 g/mol. The van der Waals surface area contributed by atoms with Gasteiger partial charge in [0.15, 0.2) is 0 Å². The van der Waals surface area contributed by atoms with Crippen molar-refractivity contribution >= 4 is 39.9 Å². The maximum absolute atomic E-state index is 14.3. The topological polar surface area (TPSA) is 63.8 Å². The summed E-state index contributed by atoms with van der Waals surface area (Å²) >= 11 is 5.81. The number of para-hydroxylation sites is 1. The van der Waals surface area contributed by atoms with Crippen molar-refractivity contribution in [2.45, 2.75) is 0 Å². The van der Waals surface area contributed by atoms with Crippen LogP contribution < -0.4 is 15.6 Å². The molecule has 0 unspecified atom stereocenters. The van der Waals surface area contributed by atoms with E-state index in [1.54, 1.807) is 49.6 Å². The van der Waals surface area contributed by atoms with Gasteiger partial charge in [0, 0.05) is 16.1 Å². The van der Waals surface area contributed by atoms with Crippen molar-refractivity contribution in [3.8, 4) is 5.75 Å². The van der Waals surface area contributed by atoms with Gasteiger partial charge >= 0.3 is 0 Å². The first-order chi connectivity index (χ1) is 14.5. The lowest BCUT2D eigenvalue weighted by molar-refractivity contribution is 0.102. The Bertz CT molecular complexity index is 1300. The molecule has 4 aromatic rings. The molecule has 0 radical (unpaired) electrons. The number of nitrogens with zero attached hydrogens (tertiary/aromatic N) is 1. The second kappa shape index (κ2) is 8.39. The Hall–Kier alpha value is -3.64. The van der Waals surface area contributed by atoms with Crippen LogP contribution in [-0.2, 0) is 0 Å². The van der Waals surface area contributed by atoms with E-state index in [-0.39, 0.29) is 21.8 Å². The minimum atomic E-state index is -0.618. The molecule has 0 saturated heterocycles. The van der Waals surface area contributed by atoms with Crippen LogP contribution in [0.2, 0.25) is 5.02 Å². The Morgan fingerprint density at radius 2 is 1.83 bits per heavy atom. The van der Waals surface area contributed by atoms with Crippen molar-refractivity contribution in [2.24, 2.45) is 4.99 Å². The van der Waals surface area contributed by atoms with E-state index in [0.29, 0.717) is 22.4 Å². The fourth-order valence-electron chi connectivity index (χ4n) is 2.87. The second-order valence-corrected chi connectivity index (χ2v) is 6.83. The van der Waals surface area contributed by atoms with Gasteiger partial charge in [0.2, 0.25) is 5.55 Å². The standard InChI is InChI=1S/C23H16ClFN2O3/c1-29-17-9-7-16(8-10-17)26-22(28)18-12-14-4-2-3-5-21(14)30-23(18)27-20-11-6-15(24)13-19(20)25/h2-13H,1H3,(H,26,28). The number of nitrogens with one attached hydrogen (secondary N) is 1. The van der Waals surface area contributed by atoms with Crippen molar-refractivity contribution in [1.29, 1.82) is 0 Å². The average molecular weight is 423 g/mol. The number of rotatable bonds is 4. The number of anilines is 1. The molecule has 1 heterocycles. The summed E-state index contributed by atoms with van der Waals surface area (Å²) in [7, 11) is 1.56. The third kappa shape index (κ3) is 4.18. The molecule has 7 heteroatoms. The van der Waals surface area contributed by atoms with Crippen LogP contribution in [0.4, 0.5) is 15.8 Å². The summed E-state index contributed by atoms with van der Waals surface area (Å²) in [6.07, 6.45) is 0. The number of ether oxygens (including phenoxy) is 1. The fraction of sp³-hybridized carbons (Fsp3) is 0.0435. The summed E-state index contributed by atoms with van der Waals surface area (Å²) in [6, 6.07) is 19.8. The third-order valence-corrected chi connectivity index (χ3v) is 4.62. The molecule has 3 aromatic carbocycles. The van der Waals surface area contributed by atoms with Gasteiger partial charge in [-0.25, -0.2) is 9.38 Å². The van der Waals surface area contributed by atoms with Gasteiger partial charge < -0.3 is 14.5 Å². The number of hydrogen-bond donors (Lipinski definition) is 1. The van der Waals surface area contributed by atoms with Gasteiger partial charge in [-0.05, 0) is 54.6 Å². The highest BCUT2D eigenvalue weighted by Crippen LogP contribution is 2.22. The van der Waals surface area contributed by atoms with Crippen LogP contribution in [0.3, 0.4) is 0 Å². The molecule has 1 N–H and O–H groups in total. The Morgan fingerprint density at radius 1 is 1.07 bits per heavy atom. The summed E-state index contributed by atoms with van der Waals surface area (Å²) in [5, 5.41) is 3.76. The SMILES string of the molecule is COc1ccc(NC(=O)c2cc3ccccc3oc2=Nc2ccc(Cl)cc2F)cc1. The number of halogens is 2. The van der Waals surface area contributed by atoms with Crippen molar-refractivity contribution in [3.63, 3.8) is 0 Å². The summed E-state index contributed by atoms with van der Waals surface area (Å²) in [4.78, 5) is 17.2. The lowest BCUT2D eigenvalue weighted by Gasteiger charge is -2.08. The number of carbonyl (C=O) groups excluding carboxylic acids is 1. The third-order valence-electron chi connectivity index (χ3n) is 4.38. The van der Waals surface area contributed by atoms with E-state index in [1.807, 2.05) is 12.1 Å². The Balaban J connectivity index is 1.81. The van der Waals surface area contributed by atoms with Gasteiger partial charge in [-0.15, -0.1) is 0 Å². The first-order valence-corrected chi connectivity index (χ1v) is 9.39. The zero-order valence-corrected chi connectivity index (χ0v) is 16.6. The van der Waals surface area contributed by atoms with Crippen molar-refractivity contribution in [2.75, 3.05) is 12.4 Å². The van der Waals surface area contributed by atoms with Crippen LogP contribution in [-0.4, -0.2) is 13.0 Å². The summed E-state index contributed by atoms with van der Waals surface area (Å²) < 4.78 is 25.2. The van der Waals surface area contributed by atoms with E-state index < -0.39 is 11.7 Å². The van der Waals surface area contributed by atoms with E-state index in [9.17, 15) is 9.18 Å². The molecular weight excluding hydrogens is 407 g/mol. The maximum Gasteiger partial charge on any atom is 0.261 e. The predicted octanol–water partition coefficient (Wildman–Crippen LogP) is 5.72. The number of carbonyl (C=O) groups is 1. The van der Waals surface area contributed by atoms with E-state index >= 15 is 0 Å². The number of hydrogen-bond acceptors (Lipinski definition) is 4. The first-order valence-electron chi connectivity index (χ1n) is 9.01. The second-order valence-electron chi connectivity index (χ2n) is 6.39. The first kappa shape index (κ1) is 19.7. The smallest absolute Gasteiger partial charge is 0.261 e. The van der Waals surface area contributed by atoms with Gasteiger partial charge in [0.1, 0.15) is 28.4 Å². The maximum atomic E-state index is 14.3. The molecule has 0 bridgehead atoms. The molecule has 0 atom stereocenters. The van der Waals surface area contributed by atoms with Gasteiger partial charge in [0.05, 0.1) is 7.11 Å². The Labute approximate surface area is 176 Å². The molecule has 1 amide bonds. The number of benzene rings is 3. The average Bonchev–Trinajstić information content (AvgIpc) is 2.75. The number of methoxy groups -OCH3 is 1. The molecule has 1 aromatic heterocycles. The van der Waals surface area contributed by atoms with Gasteiger partial charge in [0.25, 0.3) is 5.91 Å². The minimum absolute atomic E-state index is 0.0110. The van der Waals surface area contributed by atoms with Crippen LogP contribution in [0.1, 0.15) is 10.4 Å². The van der Waals surface area contributed by atoms with Crippen molar-refractivity contribution in [1.82, 2.24) is 0 Å². The molecule has 150 valence electrons. The highest BCUT2D eigenvalue weighted by molar-refractivity contribution is 6.30. The van der Waals surface area contributed by atoms with Crippen LogP contribution in [0.25, 0.3) is 11.0 Å². The largest absolute Gasteiger partial charge is 0.497 e. The molecule has 5 nitrogen and oxygen atoms in total. The number of amides is 1. The van der Waals surface area contributed by atoms with E-state index in [4.69, 9.17) is 20.8 Å². The summed E-state index contributed by atoms with van der Waals surface area (Å²) in [5.74, 6) is -0.391.